The molecule has 0 aliphatic rings. The molecule has 0 amide bonds. The number of nitrogens with one attached hydrogen (secondary N) is 1. The van der Waals surface area contributed by atoms with Gasteiger partial charge in [-0.05, 0) is 36.6 Å². The molecule has 0 aromatic carbocycles. The number of ether oxygens (including phenoxy) is 1. The van der Waals surface area contributed by atoms with E-state index >= 15 is 0 Å². The van der Waals surface area contributed by atoms with Crippen molar-refractivity contribution in [3.63, 3.8) is 0 Å². The summed E-state index contributed by atoms with van der Waals surface area (Å²) >= 11 is 0. The van der Waals surface area contributed by atoms with Crippen molar-refractivity contribution in [3.05, 3.63) is 0 Å². The van der Waals surface area contributed by atoms with E-state index in [2.05, 4.69) is 39.9 Å². The fourth-order valence-electron chi connectivity index (χ4n) is 1.79. The standard InChI is InChI=1S/C15H34N2O/c1-14(2,3)7-6-10-17-13-15(4,5)8-11-18-12-9-16/h17H,6-13,16H2,1-5H3. The zero-order valence-corrected chi connectivity index (χ0v) is 13.1. The molecule has 0 saturated heterocycles. The van der Waals surface area contributed by atoms with Gasteiger partial charge in [0, 0.05) is 19.7 Å². The van der Waals surface area contributed by atoms with E-state index in [0.717, 1.165) is 26.1 Å². The molecular weight excluding hydrogens is 224 g/mol. The fraction of sp³-hybridized carbons (Fsp3) is 1.00. The number of nitrogens with two attached hydrogens (primary N) is 1. The van der Waals surface area contributed by atoms with Crippen LogP contribution in [0.3, 0.4) is 0 Å². The molecule has 0 aliphatic heterocycles. The minimum atomic E-state index is 0.302. The van der Waals surface area contributed by atoms with Crippen LogP contribution in [0.2, 0.25) is 0 Å². The third kappa shape index (κ3) is 12.3. The van der Waals surface area contributed by atoms with Gasteiger partial charge in [0.2, 0.25) is 0 Å². The van der Waals surface area contributed by atoms with Gasteiger partial charge in [-0.15, -0.1) is 0 Å². The van der Waals surface area contributed by atoms with Crippen LogP contribution < -0.4 is 11.1 Å². The maximum atomic E-state index is 5.44. The van der Waals surface area contributed by atoms with Crippen LogP contribution in [0.1, 0.15) is 53.9 Å². The zero-order valence-electron chi connectivity index (χ0n) is 13.1. The van der Waals surface area contributed by atoms with Crippen molar-refractivity contribution in [2.24, 2.45) is 16.6 Å². The molecule has 0 spiro atoms. The lowest BCUT2D eigenvalue weighted by atomic mass is 9.89. The summed E-state index contributed by atoms with van der Waals surface area (Å²) < 4.78 is 5.44. The smallest absolute Gasteiger partial charge is 0.0588 e. The van der Waals surface area contributed by atoms with Crippen LogP contribution in [-0.4, -0.2) is 32.8 Å². The highest BCUT2D eigenvalue weighted by atomic mass is 16.5. The molecule has 18 heavy (non-hydrogen) atoms. The normalized spacial score (nSPS) is 13.0. The van der Waals surface area contributed by atoms with E-state index in [1.54, 1.807) is 0 Å². The Labute approximate surface area is 114 Å². The highest BCUT2D eigenvalue weighted by molar-refractivity contribution is 4.72. The number of rotatable bonds is 10. The molecule has 0 aliphatic carbocycles. The van der Waals surface area contributed by atoms with Crippen molar-refractivity contribution >= 4 is 0 Å². The van der Waals surface area contributed by atoms with Crippen molar-refractivity contribution in [1.82, 2.24) is 5.32 Å². The van der Waals surface area contributed by atoms with Crippen LogP contribution in [0.5, 0.6) is 0 Å². The molecule has 0 aromatic heterocycles. The van der Waals surface area contributed by atoms with E-state index in [4.69, 9.17) is 10.5 Å². The second-order valence-corrected chi connectivity index (χ2v) is 7.16. The van der Waals surface area contributed by atoms with Crippen LogP contribution in [0.4, 0.5) is 0 Å². The van der Waals surface area contributed by atoms with E-state index in [9.17, 15) is 0 Å². The van der Waals surface area contributed by atoms with Crippen molar-refractivity contribution < 1.29 is 4.74 Å². The van der Waals surface area contributed by atoms with Crippen LogP contribution in [0, 0.1) is 10.8 Å². The Bertz CT molecular complexity index is 197. The highest BCUT2D eigenvalue weighted by Gasteiger charge is 2.17. The fourth-order valence-corrected chi connectivity index (χ4v) is 1.79. The van der Waals surface area contributed by atoms with Gasteiger partial charge in [-0.2, -0.15) is 0 Å². The largest absolute Gasteiger partial charge is 0.380 e. The highest BCUT2D eigenvalue weighted by Crippen LogP contribution is 2.21. The SMILES string of the molecule is CC(C)(C)CCCNCC(C)(C)CCOCCN. The summed E-state index contributed by atoms with van der Waals surface area (Å²) in [5.74, 6) is 0. The average Bonchev–Trinajstić information content (AvgIpc) is 2.22. The lowest BCUT2D eigenvalue weighted by molar-refractivity contribution is 0.109. The van der Waals surface area contributed by atoms with Crippen LogP contribution in [0.15, 0.2) is 0 Å². The van der Waals surface area contributed by atoms with Crippen molar-refractivity contribution in [3.8, 4) is 0 Å². The topological polar surface area (TPSA) is 47.3 Å². The second-order valence-electron chi connectivity index (χ2n) is 7.16. The molecule has 0 heterocycles. The third-order valence-electron chi connectivity index (χ3n) is 3.07. The summed E-state index contributed by atoms with van der Waals surface area (Å²) in [6.45, 7) is 15.7. The molecule has 0 bridgehead atoms. The van der Waals surface area contributed by atoms with Crippen molar-refractivity contribution in [1.29, 1.82) is 0 Å². The lowest BCUT2D eigenvalue weighted by Crippen LogP contribution is -2.31. The van der Waals surface area contributed by atoms with E-state index in [1.165, 1.54) is 12.8 Å². The maximum Gasteiger partial charge on any atom is 0.0588 e. The predicted octanol–water partition coefficient (Wildman–Crippen LogP) is 2.79. The summed E-state index contributed by atoms with van der Waals surface area (Å²) in [7, 11) is 0. The first-order valence-corrected chi connectivity index (χ1v) is 7.25. The molecule has 3 nitrogen and oxygen atoms in total. The monoisotopic (exact) mass is 258 g/mol. The molecule has 0 saturated carbocycles. The predicted molar refractivity (Wildman–Crippen MR) is 79.8 cm³/mol. The second kappa shape index (κ2) is 8.89. The van der Waals surface area contributed by atoms with Crippen molar-refractivity contribution in [2.75, 3.05) is 32.8 Å². The molecule has 0 unspecified atom stereocenters. The van der Waals surface area contributed by atoms with Crippen LogP contribution >= 0.6 is 0 Å². The van der Waals surface area contributed by atoms with E-state index in [0.29, 0.717) is 24.0 Å². The Morgan fingerprint density at radius 1 is 1.00 bits per heavy atom. The van der Waals surface area contributed by atoms with E-state index in [1.807, 2.05) is 0 Å². The van der Waals surface area contributed by atoms with E-state index in [-0.39, 0.29) is 0 Å². The molecule has 0 atom stereocenters. The minimum absolute atomic E-state index is 0.302. The minimum Gasteiger partial charge on any atom is -0.380 e. The third-order valence-corrected chi connectivity index (χ3v) is 3.07. The summed E-state index contributed by atoms with van der Waals surface area (Å²) in [6, 6.07) is 0. The Morgan fingerprint density at radius 3 is 2.22 bits per heavy atom. The first-order valence-electron chi connectivity index (χ1n) is 7.25. The van der Waals surface area contributed by atoms with Crippen molar-refractivity contribution in [2.45, 2.75) is 53.9 Å². The van der Waals surface area contributed by atoms with Gasteiger partial charge in [0.15, 0.2) is 0 Å². The molecule has 0 rings (SSSR count). The molecule has 0 fully saturated rings. The quantitative estimate of drug-likeness (QED) is 0.592. The van der Waals surface area contributed by atoms with Gasteiger partial charge in [-0.3, -0.25) is 0 Å². The molecule has 0 radical (unpaired) electrons. The first kappa shape index (κ1) is 17.9. The summed E-state index contributed by atoms with van der Waals surface area (Å²) in [6.07, 6.45) is 3.61. The Balaban J connectivity index is 3.52. The molecule has 3 N–H and O–H groups in total. The van der Waals surface area contributed by atoms with E-state index < -0.39 is 0 Å². The summed E-state index contributed by atoms with van der Waals surface area (Å²) in [4.78, 5) is 0. The van der Waals surface area contributed by atoms with Gasteiger partial charge in [0.1, 0.15) is 0 Å². The number of hydrogen-bond acceptors (Lipinski definition) is 3. The zero-order chi connectivity index (χ0) is 14.1. The summed E-state index contributed by atoms with van der Waals surface area (Å²) in [5.41, 5.74) is 6.14. The Morgan fingerprint density at radius 2 is 1.67 bits per heavy atom. The van der Waals surface area contributed by atoms with Crippen LogP contribution in [0.25, 0.3) is 0 Å². The number of hydrogen-bond donors (Lipinski definition) is 2. The first-order chi connectivity index (χ1) is 8.27. The molecule has 0 aromatic rings. The molecule has 110 valence electrons. The average molecular weight is 258 g/mol. The lowest BCUT2D eigenvalue weighted by Gasteiger charge is -2.25. The Kier molecular flexibility index (Phi) is 8.83. The van der Waals surface area contributed by atoms with Gasteiger partial charge in [-0.1, -0.05) is 34.6 Å². The summed E-state index contributed by atoms with van der Waals surface area (Å²) in [5, 5.41) is 3.56. The van der Waals surface area contributed by atoms with Gasteiger partial charge in [-0.25, -0.2) is 0 Å². The maximum absolute atomic E-state index is 5.44. The van der Waals surface area contributed by atoms with Gasteiger partial charge < -0.3 is 15.8 Å². The van der Waals surface area contributed by atoms with Gasteiger partial charge in [0.25, 0.3) is 0 Å². The van der Waals surface area contributed by atoms with Gasteiger partial charge >= 0.3 is 0 Å². The van der Waals surface area contributed by atoms with Gasteiger partial charge in [0.05, 0.1) is 6.61 Å². The Hall–Kier alpha value is -0.120. The van der Waals surface area contributed by atoms with Crippen LogP contribution in [-0.2, 0) is 4.74 Å². The molecular formula is C15H34N2O. The molecule has 3 heteroatoms.